The molecule has 0 radical (unpaired) electrons. The van der Waals surface area contributed by atoms with Gasteiger partial charge in [-0.1, -0.05) is 48.5 Å². The molecule has 0 unspecified atom stereocenters. The van der Waals surface area contributed by atoms with Crippen molar-refractivity contribution in [2.45, 2.75) is 6.92 Å². The van der Waals surface area contributed by atoms with E-state index < -0.39 is 5.91 Å². The molecule has 2 amide bonds. The Morgan fingerprint density at radius 1 is 0.906 bits per heavy atom. The summed E-state index contributed by atoms with van der Waals surface area (Å²) in [5.41, 5.74) is 3.87. The maximum atomic E-state index is 12.2. The number of nitrogens with zero attached hydrogens (tertiary/aromatic N) is 1. The van der Waals surface area contributed by atoms with E-state index >= 15 is 0 Å². The van der Waals surface area contributed by atoms with Gasteiger partial charge < -0.3 is 10.1 Å². The van der Waals surface area contributed by atoms with E-state index in [1.807, 2.05) is 55.5 Å². The fourth-order valence-corrected chi connectivity index (χ4v) is 3.53. The molecule has 0 saturated carbocycles. The number of carbonyl (C=O) groups excluding carboxylic acids is 2. The Bertz CT molecular complexity index is 1240. The predicted molar refractivity (Wildman–Crippen MR) is 127 cm³/mol. The summed E-state index contributed by atoms with van der Waals surface area (Å²) in [5, 5.41) is 11.0. The summed E-state index contributed by atoms with van der Waals surface area (Å²) in [6.45, 7) is 2.27. The first-order valence-corrected chi connectivity index (χ1v) is 10.4. The van der Waals surface area contributed by atoms with Crippen molar-refractivity contribution in [3.63, 3.8) is 0 Å². The van der Waals surface area contributed by atoms with Crippen LogP contribution in [-0.2, 0) is 4.79 Å². The summed E-state index contributed by atoms with van der Waals surface area (Å²) in [5.74, 6) is -0.0607. The second-order valence-electron chi connectivity index (χ2n) is 7.17. The average Bonchev–Trinajstić information content (AvgIpc) is 2.82. The fourth-order valence-electron chi connectivity index (χ4n) is 3.53. The molecule has 2 N–H and O–H groups in total. The summed E-state index contributed by atoms with van der Waals surface area (Å²) in [6.07, 6.45) is 1.65. The van der Waals surface area contributed by atoms with E-state index in [9.17, 15) is 9.59 Å². The topological polar surface area (TPSA) is 79.8 Å². The van der Waals surface area contributed by atoms with Crippen LogP contribution in [0.4, 0.5) is 0 Å². The highest BCUT2D eigenvalue weighted by molar-refractivity contribution is 6.13. The molecule has 32 heavy (non-hydrogen) atoms. The Kier molecular flexibility index (Phi) is 6.41. The highest BCUT2D eigenvalue weighted by atomic mass is 16.5. The zero-order valence-corrected chi connectivity index (χ0v) is 17.7. The summed E-state index contributed by atoms with van der Waals surface area (Å²) in [4.78, 5) is 24.4. The van der Waals surface area contributed by atoms with E-state index in [2.05, 4.69) is 21.9 Å². The van der Waals surface area contributed by atoms with Crippen molar-refractivity contribution in [2.24, 2.45) is 5.10 Å². The minimum atomic E-state index is -0.412. The highest BCUT2D eigenvalue weighted by Crippen LogP contribution is 2.27. The van der Waals surface area contributed by atoms with Gasteiger partial charge in [-0.15, -0.1) is 0 Å². The van der Waals surface area contributed by atoms with E-state index in [0.29, 0.717) is 17.9 Å². The molecule has 0 saturated heterocycles. The molecule has 0 atom stereocenters. The van der Waals surface area contributed by atoms with Crippen molar-refractivity contribution >= 4 is 39.6 Å². The van der Waals surface area contributed by atoms with E-state index in [1.165, 1.54) is 0 Å². The molecule has 0 aromatic heterocycles. The van der Waals surface area contributed by atoms with Crippen LogP contribution in [0.5, 0.6) is 5.75 Å². The van der Waals surface area contributed by atoms with Crippen molar-refractivity contribution < 1.29 is 14.3 Å². The molecule has 0 fully saturated rings. The molecule has 0 aliphatic carbocycles. The Balaban J connectivity index is 1.41. The number of fused-ring (bicyclic) bond motifs is 2. The molecule has 0 spiro atoms. The smallest absolute Gasteiger partial charge is 0.259 e. The van der Waals surface area contributed by atoms with Gasteiger partial charge in [-0.2, -0.15) is 5.10 Å². The molecule has 6 nitrogen and oxygen atoms in total. The normalized spacial score (nSPS) is 11.0. The Labute approximate surface area is 185 Å². The van der Waals surface area contributed by atoms with Crippen LogP contribution >= 0.6 is 0 Å². The number of benzene rings is 4. The minimum absolute atomic E-state index is 0.181. The fraction of sp³-hybridized carbons (Fsp3) is 0.115. The summed E-state index contributed by atoms with van der Waals surface area (Å²) >= 11 is 0. The zero-order chi connectivity index (χ0) is 22.3. The molecule has 160 valence electrons. The standard InChI is InChI=1S/C26H23N3O3/c1-2-32-21-13-11-18(12-14-21)26(31)27-17-25(30)29-28-16-24-22-9-5-3-7-19(22)15-20-8-4-6-10-23(20)24/h3-16H,2,17H2,1H3,(H,27,31)(H,29,30)/b28-16+. The SMILES string of the molecule is CCOc1ccc(C(=O)NCC(=O)N/N=C/c2c3ccccc3cc3ccccc23)cc1. The monoisotopic (exact) mass is 425 g/mol. The maximum Gasteiger partial charge on any atom is 0.259 e. The molecular formula is C26H23N3O3. The van der Waals surface area contributed by atoms with Gasteiger partial charge in [0.2, 0.25) is 0 Å². The first-order valence-electron chi connectivity index (χ1n) is 10.4. The number of hydrogen-bond donors (Lipinski definition) is 2. The number of hydrazone groups is 1. The van der Waals surface area contributed by atoms with Crippen LogP contribution in [0.3, 0.4) is 0 Å². The molecule has 4 aromatic rings. The number of nitrogens with one attached hydrogen (secondary N) is 2. The Hall–Kier alpha value is -4.19. The third kappa shape index (κ3) is 4.75. The van der Waals surface area contributed by atoms with E-state index in [4.69, 9.17) is 4.74 Å². The zero-order valence-electron chi connectivity index (χ0n) is 17.7. The van der Waals surface area contributed by atoms with Gasteiger partial charge in [-0.05, 0) is 58.8 Å². The van der Waals surface area contributed by atoms with Crippen LogP contribution in [0, 0.1) is 0 Å². The Morgan fingerprint density at radius 2 is 1.53 bits per heavy atom. The molecular weight excluding hydrogens is 402 g/mol. The molecule has 0 aliphatic rings. The van der Waals surface area contributed by atoms with Crippen molar-refractivity contribution in [3.8, 4) is 5.75 Å². The lowest BCUT2D eigenvalue weighted by atomic mass is 9.97. The van der Waals surface area contributed by atoms with Crippen LogP contribution in [0.25, 0.3) is 21.5 Å². The second-order valence-corrected chi connectivity index (χ2v) is 7.17. The van der Waals surface area contributed by atoms with Crippen LogP contribution in [0.1, 0.15) is 22.8 Å². The molecule has 0 aliphatic heterocycles. The van der Waals surface area contributed by atoms with Crippen LogP contribution in [0.2, 0.25) is 0 Å². The quantitative estimate of drug-likeness (QED) is 0.264. The van der Waals surface area contributed by atoms with Gasteiger partial charge in [-0.25, -0.2) is 5.43 Å². The van der Waals surface area contributed by atoms with Crippen molar-refractivity contribution in [3.05, 3.63) is 90.0 Å². The summed E-state index contributed by atoms with van der Waals surface area (Å²) < 4.78 is 5.36. The van der Waals surface area contributed by atoms with E-state index in [-0.39, 0.29) is 12.5 Å². The molecule has 0 heterocycles. The molecule has 0 bridgehead atoms. The molecule has 4 rings (SSSR count). The predicted octanol–water partition coefficient (Wildman–Crippen LogP) is 4.27. The van der Waals surface area contributed by atoms with E-state index in [0.717, 1.165) is 27.1 Å². The van der Waals surface area contributed by atoms with Crippen molar-refractivity contribution in [2.75, 3.05) is 13.2 Å². The summed E-state index contributed by atoms with van der Waals surface area (Å²) in [6, 6.07) is 25.0. The van der Waals surface area contributed by atoms with E-state index in [1.54, 1.807) is 30.5 Å². The lowest BCUT2D eigenvalue weighted by Gasteiger charge is -2.08. The average molecular weight is 425 g/mol. The van der Waals surface area contributed by atoms with Gasteiger partial charge in [0.05, 0.1) is 19.4 Å². The minimum Gasteiger partial charge on any atom is -0.494 e. The molecule has 4 aromatic carbocycles. The summed E-state index contributed by atoms with van der Waals surface area (Å²) in [7, 11) is 0. The van der Waals surface area contributed by atoms with Gasteiger partial charge in [0.1, 0.15) is 5.75 Å². The van der Waals surface area contributed by atoms with Crippen LogP contribution < -0.4 is 15.5 Å². The number of amides is 2. The van der Waals surface area contributed by atoms with Gasteiger partial charge >= 0.3 is 0 Å². The highest BCUT2D eigenvalue weighted by Gasteiger charge is 2.09. The van der Waals surface area contributed by atoms with Gasteiger partial charge in [-0.3, -0.25) is 9.59 Å². The largest absolute Gasteiger partial charge is 0.494 e. The second kappa shape index (κ2) is 9.75. The van der Waals surface area contributed by atoms with Crippen LogP contribution in [0.15, 0.2) is 84.0 Å². The Morgan fingerprint density at radius 3 is 2.16 bits per heavy atom. The third-order valence-corrected chi connectivity index (χ3v) is 5.03. The van der Waals surface area contributed by atoms with Crippen molar-refractivity contribution in [1.29, 1.82) is 0 Å². The number of carbonyl (C=O) groups is 2. The third-order valence-electron chi connectivity index (χ3n) is 5.03. The lowest BCUT2D eigenvalue weighted by Crippen LogP contribution is -2.34. The van der Waals surface area contributed by atoms with Gasteiger partial charge in [0.25, 0.3) is 11.8 Å². The number of hydrogen-bond acceptors (Lipinski definition) is 4. The number of ether oxygens (including phenoxy) is 1. The van der Waals surface area contributed by atoms with Crippen molar-refractivity contribution in [1.82, 2.24) is 10.7 Å². The maximum absolute atomic E-state index is 12.2. The molecule has 6 heteroatoms. The lowest BCUT2D eigenvalue weighted by molar-refractivity contribution is -0.120. The first kappa shape index (κ1) is 21.1. The van der Waals surface area contributed by atoms with Gasteiger partial charge in [0.15, 0.2) is 0 Å². The van der Waals surface area contributed by atoms with Gasteiger partial charge in [0, 0.05) is 11.1 Å². The van der Waals surface area contributed by atoms with Crippen LogP contribution in [-0.4, -0.2) is 31.2 Å². The first-order chi connectivity index (χ1) is 15.7. The number of rotatable bonds is 7.